The van der Waals surface area contributed by atoms with Gasteiger partial charge in [-0.3, -0.25) is 0 Å². The maximum absolute atomic E-state index is 5.56. The van der Waals surface area contributed by atoms with Gasteiger partial charge in [0, 0.05) is 40.2 Å². The molecule has 0 aliphatic heterocycles. The van der Waals surface area contributed by atoms with E-state index in [9.17, 15) is 0 Å². The molecule has 5 heteroatoms. The monoisotopic (exact) mass is 291 g/mol. The fourth-order valence-corrected chi connectivity index (χ4v) is 2.58. The number of aromatic nitrogens is 2. The first-order valence-electron chi connectivity index (χ1n) is 5.13. The summed E-state index contributed by atoms with van der Waals surface area (Å²) in [5.74, 6) is 0.323. The number of nitrogens with zero attached hydrogens (tertiary/aromatic N) is 2. The van der Waals surface area contributed by atoms with E-state index in [-0.39, 0.29) is 0 Å². The first kappa shape index (κ1) is 10.4. The van der Waals surface area contributed by atoms with Crippen molar-refractivity contribution in [2.24, 2.45) is 7.05 Å². The zero-order valence-electron chi connectivity index (χ0n) is 9.14. The Morgan fingerprint density at radius 1 is 1.41 bits per heavy atom. The van der Waals surface area contributed by atoms with E-state index >= 15 is 0 Å². The highest BCUT2D eigenvalue weighted by Gasteiger charge is 2.14. The molecule has 0 unspecified atom stereocenters. The van der Waals surface area contributed by atoms with Crippen LogP contribution in [0.4, 0.5) is 5.88 Å². The van der Waals surface area contributed by atoms with Crippen LogP contribution in [0.1, 0.15) is 0 Å². The summed E-state index contributed by atoms with van der Waals surface area (Å²) in [6, 6.07) is 7.81. The average Bonchev–Trinajstić information content (AvgIpc) is 2.85. The molecule has 0 atom stereocenters. The summed E-state index contributed by atoms with van der Waals surface area (Å²) in [5.41, 5.74) is 8.45. The number of halogens is 1. The van der Waals surface area contributed by atoms with Crippen molar-refractivity contribution in [1.29, 1.82) is 0 Å². The van der Waals surface area contributed by atoms with E-state index in [4.69, 9.17) is 10.3 Å². The van der Waals surface area contributed by atoms with Gasteiger partial charge >= 0.3 is 0 Å². The largest absolute Gasteiger partial charge is 0.368 e. The molecular formula is C12H10BrN3O. The Bertz CT molecular complexity index is 699. The van der Waals surface area contributed by atoms with Crippen LogP contribution in [0.15, 0.2) is 39.5 Å². The molecule has 17 heavy (non-hydrogen) atoms. The van der Waals surface area contributed by atoms with Gasteiger partial charge in [0.1, 0.15) is 5.69 Å². The van der Waals surface area contributed by atoms with Crippen molar-refractivity contribution in [2.75, 3.05) is 5.73 Å². The molecule has 0 saturated carbocycles. The molecule has 0 aliphatic carbocycles. The Morgan fingerprint density at radius 2 is 2.24 bits per heavy atom. The van der Waals surface area contributed by atoms with Crippen LogP contribution >= 0.6 is 15.9 Å². The lowest BCUT2D eigenvalue weighted by molar-refractivity contribution is 0.439. The smallest absolute Gasteiger partial charge is 0.222 e. The highest BCUT2D eigenvalue weighted by Crippen LogP contribution is 2.35. The van der Waals surface area contributed by atoms with Gasteiger partial charge in [-0.05, 0) is 12.1 Å². The molecule has 0 saturated heterocycles. The second-order valence-corrected chi connectivity index (χ2v) is 4.76. The van der Waals surface area contributed by atoms with Gasteiger partial charge < -0.3 is 14.8 Å². The highest BCUT2D eigenvalue weighted by atomic mass is 79.9. The van der Waals surface area contributed by atoms with Crippen LogP contribution in [0.5, 0.6) is 0 Å². The molecular weight excluding hydrogens is 282 g/mol. The van der Waals surface area contributed by atoms with Gasteiger partial charge in [-0.2, -0.15) is 0 Å². The van der Waals surface area contributed by atoms with Crippen LogP contribution in [0.25, 0.3) is 22.2 Å². The molecule has 4 nitrogen and oxygen atoms in total. The van der Waals surface area contributed by atoms with Crippen LogP contribution in [-0.4, -0.2) is 9.72 Å². The van der Waals surface area contributed by atoms with E-state index in [0.29, 0.717) is 5.88 Å². The fraction of sp³-hybridized carbons (Fsp3) is 0.0833. The molecule has 0 fully saturated rings. The van der Waals surface area contributed by atoms with Crippen molar-refractivity contribution < 1.29 is 4.52 Å². The van der Waals surface area contributed by atoms with Crippen molar-refractivity contribution in [3.05, 3.63) is 34.9 Å². The summed E-state index contributed by atoms with van der Waals surface area (Å²) < 4.78 is 8.01. The predicted octanol–water partition coefficient (Wildman–Crippen LogP) is 3.18. The molecule has 0 radical (unpaired) electrons. The van der Waals surface area contributed by atoms with Crippen molar-refractivity contribution in [3.8, 4) is 11.3 Å². The summed E-state index contributed by atoms with van der Waals surface area (Å²) in [4.78, 5) is 0. The van der Waals surface area contributed by atoms with Crippen LogP contribution < -0.4 is 5.73 Å². The number of nitrogen functional groups attached to an aromatic ring is 1. The fourth-order valence-electron chi connectivity index (χ4n) is 2.01. The second kappa shape index (κ2) is 3.63. The lowest BCUT2D eigenvalue weighted by atomic mass is 10.1. The molecule has 3 aromatic rings. The van der Waals surface area contributed by atoms with Gasteiger partial charge in [0.05, 0.1) is 0 Å². The van der Waals surface area contributed by atoms with Crippen molar-refractivity contribution >= 4 is 32.7 Å². The topological polar surface area (TPSA) is 57.0 Å². The summed E-state index contributed by atoms with van der Waals surface area (Å²) in [6.45, 7) is 0. The van der Waals surface area contributed by atoms with E-state index in [0.717, 1.165) is 26.6 Å². The third-order valence-corrected chi connectivity index (χ3v) is 3.43. The number of hydrogen-bond donors (Lipinski definition) is 1. The molecule has 86 valence electrons. The van der Waals surface area contributed by atoms with Crippen molar-refractivity contribution in [1.82, 2.24) is 9.72 Å². The number of benzene rings is 1. The van der Waals surface area contributed by atoms with Gasteiger partial charge in [0.25, 0.3) is 0 Å². The Balaban J connectivity index is 2.37. The SMILES string of the molecule is Cn1cc(-c2cc(N)on2)c2c(Br)cccc21. The normalized spacial score (nSPS) is 11.2. The minimum atomic E-state index is 0.323. The molecule has 1 aromatic carbocycles. The van der Waals surface area contributed by atoms with Gasteiger partial charge in [0.15, 0.2) is 0 Å². The molecule has 2 heterocycles. The quantitative estimate of drug-likeness (QED) is 0.749. The Kier molecular flexibility index (Phi) is 2.22. The van der Waals surface area contributed by atoms with Crippen molar-refractivity contribution in [3.63, 3.8) is 0 Å². The van der Waals surface area contributed by atoms with E-state index < -0.39 is 0 Å². The Labute approximate surface area is 106 Å². The maximum atomic E-state index is 5.56. The third-order valence-electron chi connectivity index (χ3n) is 2.77. The van der Waals surface area contributed by atoms with E-state index in [1.807, 2.05) is 25.4 Å². The minimum Gasteiger partial charge on any atom is -0.368 e. The van der Waals surface area contributed by atoms with Gasteiger partial charge in [-0.25, -0.2) is 0 Å². The number of nitrogens with two attached hydrogens (primary N) is 1. The average molecular weight is 292 g/mol. The molecule has 0 spiro atoms. The number of fused-ring (bicyclic) bond motifs is 1. The number of anilines is 1. The van der Waals surface area contributed by atoms with E-state index in [1.54, 1.807) is 6.07 Å². The van der Waals surface area contributed by atoms with Crippen LogP contribution in [0.3, 0.4) is 0 Å². The minimum absolute atomic E-state index is 0.323. The third kappa shape index (κ3) is 1.54. The predicted molar refractivity (Wildman–Crippen MR) is 70.5 cm³/mol. The molecule has 3 rings (SSSR count). The zero-order valence-corrected chi connectivity index (χ0v) is 10.7. The van der Waals surface area contributed by atoms with Gasteiger partial charge in [0.2, 0.25) is 5.88 Å². The van der Waals surface area contributed by atoms with Gasteiger partial charge in [-0.1, -0.05) is 27.2 Å². The Morgan fingerprint density at radius 3 is 2.94 bits per heavy atom. The molecule has 0 amide bonds. The van der Waals surface area contributed by atoms with Crippen LogP contribution in [-0.2, 0) is 7.05 Å². The molecule has 0 bridgehead atoms. The highest BCUT2D eigenvalue weighted by molar-refractivity contribution is 9.10. The molecule has 0 aliphatic rings. The lowest BCUT2D eigenvalue weighted by Crippen LogP contribution is -1.82. The number of aryl methyl sites for hydroxylation is 1. The maximum Gasteiger partial charge on any atom is 0.222 e. The van der Waals surface area contributed by atoms with Crippen LogP contribution in [0, 0.1) is 0 Å². The first-order valence-corrected chi connectivity index (χ1v) is 5.92. The second-order valence-electron chi connectivity index (χ2n) is 3.90. The summed E-state index contributed by atoms with van der Waals surface area (Å²) in [5, 5.41) is 5.07. The summed E-state index contributed by atoms with van der Waals surface area (Å²) in [7, 11) is 2.00. The first-order chi connectivity index (χ1) is 8.16. The molecule has 2 N–H and O–H groups in total. The van der Waals surface area contributed by atoms with E-state index in [2.05, 4.69) is 31.7 Å². The lowest BCUT2D eigenvalue weighted by Gasteiger charge is -1.97. The standard InChI is InChI=1S/C12H10BrN3O/c1-16-6-7(9-5-11(14)17-15-9)12-8(13)3-2-4-10(12)16/h2-6H,14H2,1H3. The number of rotatable bonds is 1. The van der Waals surface area contributed by atoms with Crippen LogP contribution in [0.2, 0.25) is 0 Å². The summed E-state index contributed by atoms with van der Waals surface area (Å²) in [6.07, 6.45) is 2.02. The van der Waals surface area contributed by atoms with Crippen molar-refractivity contribution in [2.45, 2.75) is 0 Å². The van der Waals surface area contributed by atoms with Gasteiger partial charge in [-0.15, -0.1) is 0 Å². The summed E-state index contributed by atoms with van der Waals surface area (Å²) >= 11 is 3.56. The number of hydrogen-bond acceptors (Lipinski definition) is 3. The zero-order chi connectivity index (χ0) is 12.0. The molecule has 2 aromatic heterocycles. The van der Waals surface area contributed by atoms with E-state index in [1.165, 1.54) is 0 Å². The Hall–Kier alpha value is -1.75.